The predicted octanol–water partition coefficient (Wildman–Crippen LogP) is 1.97. The Morgan fingerprint density at radius 1 is 1.14 bits per heavy atom. The molecule has 4 N–H and O–H groups in total. The highest BCUT2D eigenvalue weighted by molar-refractivity contribution is 7.17. The number of anilines is 1. The molecule has 0 saturated carbocycles. The summed E-state index contributed by atoms with van der Waals surface area (Å²) < 4.78 is 10.8. The maximum atomic E-state index is 13.3. The molecular weight excluding hydrogens is 594 g/mol. The number of benzene rings is 1. The summed E-state index contributed by atoms with van der Waals surface area (Å²) in [5.41, 5.74) is 2.02. The summed E-state index contributed by atoms with van der Waals surface area (Å²) in [6.45, 7) is 4.88. The summed E-state index contributed by atoms with van der Waals surface area (Å²) in [7, 11) is 0. The van der Waals surface area contributed by atoms with E-state index in [-0.39, 0.29) is 41.4 Å². The fraction of sp³-hybridized carbons (Fsp3) is 0.357. The van der Waals surface area contributed by atoms with Crippen molar-refractivity contribution in [2.24, 2.45) is 0 Å². The highest BCUT2D eigenvalue weighted by Crippen LogP contribution is 2.24. The second-order valence-corrected chi connectivity index (χ2v) is 11.7. The minimum Gasteiger partial charge on any atom is -0.463 e. The lowest BCUT2D eigenvalue weighted by atomic mass is 10.1. The molecular formula is C28H31N7O6S2. The lowest BCUT2D eigenvalue weighted by molar-refractivity contribution is -0.146. The first-order valence-electron chi connectivity index (χ1n) is 13.6. The van der Waals surface area contributed by atoms with E-state index in [1.807, 2.05) is 18.2 Å². The van der Waals surface area contributed by atoms with Gasteiger partial charge in [0, 0.05) is 31.6 Å². The molecule has 3 aromatic heterocycles. The van der Waals surface area contributed by atoms with Crippen molar-refractivity contribution in [3.8, 4) is 0 Å². The Morgan fingerprint density at radius 2 is 1.98 bits per heavy atom. The normalized spacial score (nSPS) is 14.3. The summed E-state index contributed by atoms with van der Waals surface area (Å²) in [6, 6.07) is 7.84. The van der Waals surface area contributed by atoms with Gasteiger partial charge < -0.3 is 25.4 Å². The van der Waals surface area contributed by atoms with Crippen LogP contribution in [0.25, 0.3) is 10.9 Å². The molecule has 0 unspecified atom stereocenters. The molecule has 226 valence electrons. The number of hydrogen-bond acceptors (Lipinski definition) is 11. The van der Waals surface area contributed by atoms with E-state index in [0.29, 0.717) is 30.3 Å². The largest absolute Gasteiger partial charge is 0.463 e. The van der Waals surface area contributed by atoms with Crippen LogP contribution in [-0.4, -0.2) is 95.8 Å². The second kappa shape index (κ2) is 14.3. The van der Waals surface area contributed by atoms with Crippen LogP contribution in [-0.2, 0) is 25.5 Å². The van der Waals surface area contributed by atoms with Gasteiger partial charge in [-0.1, -0.05) is 29.5 Å². The molecule has 1 aliphatic rings. The minimum atomic E-state index is -1.14. The van der Waals surface area contributed by atoms with Crippen LogP contribution in [0.15, 0.2) is 41.9 Å². The quantitative estimate of drug-likeness (QED) is 0.172. The summed E-state index contributed by atoms with van der Waals surface area (Å²) in [4.78, 5) is 58.8. The van der Waals surface area contributed by atoms with E-state index >= 15 is 0 Å². The van der Waals surface area contributed by atoms with Crippen LogP contribution in [0, 0.1) is 6.92 Å². The van der Waals surface area contributed by atoms with Gasteiger partial charge in [0.05, 0.1) is 41.9 Å². The number of amides is 3. The Hall–Kier alpha value is -4.18. The van der Waals surface area contributed by atoms with Crippen LogP contribution < -0.4 is 16.0 Å². The molecule has 5 rings (SSSR count). The van der Waals surface area contributed by atoms with Crippen molar-refractivity contribution in [2.75, 3.05) is 51.3 Å². The zero-order valence-corrected chi connectivity index (χ0v) is 25.0. The van der Waals surface area contributed by atoms with Gasteiger partial charge in [-0.05, 0) is 30.0 Å². The van der Waals surface area contributed by atoms with Gasteiger partial charge in [-0.25, -0.2) is 9.78 Å². The van der Waals surface area contributed by atoms with E-state index in [1.165, 1.54) is 11.3 Å². The number of ether oxygens (including phenoxy) is 2. The fourth-order valence-corrected chi connectivity index (χ4v) is 6.01. The van der Waals surface area contributed by atoms with Gasteiger partial charge >= 0.3 is 5.97 Å². The van der Waals surface area contributed by atoms with E-state index in [0.717, 1.165) is 40.9 Å². The van der Waals surface area contributed by atoms with Crippen LogP contribution in [0.5, 0.6) is 0 Å². The van der Waals surface area contributed by atoms with Crippen molar-refractivity contribution in [1.82, 2.24) is 30.7 Å². The molecule has 3 amide bonds. The Labute approximate surface area is 255 Å². The number of fused-ring (bicyclic) bond motifs is 1. The standard InChI is InChI=1S/C28H31N7O6S2/c1-17-24(43-28(31-17)33-23(36)14-18-4-2-5-20-19(18)15-30-34-20)26(38)32-21(16-29-25(37)22-6-3-13-42-22)27(39)41-12-9-35-7-10-40-11-8-35/h2-6,13,15,21H,7-12,14,16H2,1H3,(H,29,37)(H,30,34)(H,32,38)(H,31,33,36)/t21-/m0/s1. The topological polar surface area (TPSA) is 168 Å². The third-order valence-electron chi connectivity index (χ3n) is 6.73. The van der Waals surface area contributed by atoms with Gasteiger partial charge in [-0.15, -0.1) is 11.3 Å². The molecule has 1 fully saturated rings. The third kappa shape index (κ3) is 8.01. The molecule has 1 atom stereocenters. The summed E-state index contributed by atoms with van der Waals surface area (Å²) in [5, 5.41) is 17.9. The van der Waals surface area contributed by atoms with Crippen molar-refractivity contribution in [2.45, 2.75) is 19.4 Å². The van der Waals surface area contributed by atoms with Gasteiger partial charge in [-0.2, -0.15) is 5.10 Å². The number of hydrogen-bond donors (Lipinski definition) is 4. The molecule has 1 saturated heterocycles. The number of esters is 1. The highest BCUT2D eigenvalue weighted by Gasteiger charge is 2.27. The molecule has 0 aliphatic carbocycles. The summed E-state index contributed by atoms with van der Waals surface area (Å²) >= 11 is 2.26. The first-order valence-corrected chi connectivity index (χ1v) is 15.3. The minimum absolute atomic E-state index is 0.0966. The smallest absolute Gasteiger partial charge is 0.330 e. The van der Waals surface area contributed by atoms with Crippen molar-refractivity contribution in [1.29, 1.82) is 0 Å². The van der Waals surface area contributed by atoms with Crippen LogP contribution in [0.4, 0.5) is 5.13 Å². The Morgan fingerprint density at radius 3 is 2.77 bits per heavy atom. The number of thiazole rings is 1. The highest BCUT2D eigenvalue weighted by atomic mass is 32.1. The number of nitrogens with one attached hydrogen (secondary N) is 4. The summed E-state index contributed by atoms with van der Waals surface area (Å²) in [6.07, 6.45) is 1.76. The molecule has 43 heavy (non-hydrogen) atoms. The first-order chi connectivity index (χ1) is 20.9. The van der Waals surface area contributed by atoms with Crippen molar-refractivity contribution in [3.05, 3.63) is 62.9 Å². The third-order valence-corrected chi connectivity index (χ3v) is 8.67. The van der Waals surface area contributed by atoms with E-state index in [1.54, 1.807) is 30.6 Å². The molecule has 0 spiro atoms. The number of H-pyrrole nitrogens is 1. The number of aromatic amines is 1. The average Bonchev–Trinajstić information content (AvgIpc) is 3.77. The predicted molar refractivity (Wildman–Crippen MR) is 161 cm³/mol. The average molecular weight is 626 g/mol. The maximum absolute atomic E-state index is 13.3. The van der Waals surface area contributed by atoms with E-state index in [2.05, 4.69) is 36.0 Å². The molecule has 1 aromatic carbocycles. The SMILES string of the molecule is Cc1nc(NC(=O)Cc2cccc3[nH]ncc23)sc1C(=O)N[C@@H](CNC(=O)c1cccs1)C(=O)OCCN1CCOCC1. The Bertz CT molecular complexity index is 1580. The van der Waals surface area contributed by atoms with Gasteiger partial charge in [0.2, 0.25) is 5.91 Å². The molecule has 0 radical (unpaired) electrons. The Balaban J connectivity index is 1.21. The Kier molecular flexibility index (Phi) is 10.1. The number of aromatic nitrogens is 3. The fourth-order valence-electron chi connectivity index (χ4n) is 4.49. The van der Waals surface area contributed by atoms with E-state index in [4.69, 9.17) is 9.47 Å². The monoisotopic (exact) mass is 625 g/mol. The molecule has 0 bridgehead atoms. The first kappa shape index (κ1) is 30.3. The molecule has 13 nitrogen and oxygen atoms in total. The van der Waals surface area contributed by atoms with Crippen LogP contribution in [0.3, 0.4) is 0 Å². The van der Waals surface area contributed by atoms with Gasteiger partial charge in [0.1, 0.15) is 17.5 Å². The van der Waals surface area contributed by atoms with Crippen LogP contribution >= 0.6 is 22.7 Å². The molecule has 4 heterocycles. The zero-order valence-electron chi connectivity index (χ0n) is 23.4. The van der Waals surface area contributed by atoms with Crippen molar-refractivity contribution >= 4 is 62.4 Å². The maximum Gasteiger partial charge on any atom is 0.330 e. The van der Waals surface area contributed by atoms with E-state index in [9.17, 15) is 19.2 Å². The molecule has 4 aromatic rings. The second-order valence-electron chi connectivity index (χ2n) is 9.74. The zero-order chi connectivity index (χ0) is 30.2. The lowest BCUT2D eigenvalue weighted by Gasteiger charge is -2.26. The van der Waals surface area contributed by atoms with Gasteiger partial charge in [-0.3, -0.25) is 24.4 Å². The summed E-state index contributed by atoms with van der Waals surface area (Å²) in [5.74, 6) is -1.90. The number of aryl methyl sites for hydroxylation is 1. The molecule has 15 heteroatoms. The number of morpholine rings is 1. The van der Waals surface area contributed by atoms with E-state index < -0.39 is 17.9 Å². The number of rotatable bonds is 12. The van der Waals surface area contributed by atoms with Crippen LogP contribution in [0.2, 0.25) is 0 Å². The van der Waals surface area contributed by atoms with Crippen LogP contribution in [0.1, 0.15) is 30.6 Å². The number of nitrogens with zero attached hydrogens (tertiary/aromatic N) is 3. The molecule has 1 aliphatic heterocycles. The number of carbonyl (C=O) groups excluding carboxylic acids is 4. The lowest BCUT2D eigenvalue weighted by Crippen LogP contribution is -2.49. The van der Waals surface area contributed by atoms with Crippen molar-refractivity contribution in [3.63, 3.8) is 0 Å². The number of thiophene rings is 1. The van der Waals surface area contributed by atoms with Gasteiger partial charge in [0.15, 0.2) is 5.13 Å². The van der Waals surface area contributed by atoms with Gasteiger partial charge in [0.25, 0.3) is 11.8 Å². The van der Waals surface area contributed by atoms with Crippen molar-refractivity contribution < 1.29 is 28.7 Å². The number of carbonyl (C=O) groups is 4.